The maximum atomic E-state index is 12.4. The molecule has 0 saturated heterocycles. The minimum absolute atomic E-state index is 0.209. The zero-order valence-corrected chi connectivity index (χ0v) is 17.2. The molecular weight excluding hydrogens is 376 g/mol. The number of aromatic nitrogens is 2. The number of ether oxygens (including phenoxy) is 1. The smallest absolute Gasteiger partial charge is 0.165 e. The Morgan fingerprint density at radius 1 is 1.00 bits per heavy atom. The van der Waals surface area contributed by atoms with Gasteiger partial charge in [0.15, 0.2) is 5.78 Å². The fourth-order valence-corrected chi connectivity index (χ4v) is 3.99. The van der Waals surface area contributed by atoms with E-state index >= 15 is 0 Å². The molecule has 2 N–H and O–H groups in total. The molecular formula is C24H24N4O2. The highest BCUT2D eigenvalue weighted by atomic mass is 16.5. The number of anilines is 3. The van der Waals surface area contributed by atoms with Gasteiger partial charge in [0.1, 0.15) is 17.4 Å². The molecule has 152 valence electrons. The molecule has 0 radical (unpaired) electrons. The highest BCUT2D eigenvalue weighted by Gasteiger charge is 2.26. The zero-order chi connectivity index (χ0) is 20.7. The van der Waals surface area contributed by atoms with E-state index in [-0.39, 0.29) is 5.78 Å². The number of nitrogens with one attached hydrogen (secondary N) is 2. The molecule has 0 spiro atoms. The van der Waals surface area contributed by atoms with Crippen molar-refractivity contribution in [1.29, 1.82) is 0 Å². The maximum absolute atomic E-state index is 12.4. The van der Waals surface area contributed by atoms with Crippen molar-refractivity contribution >= 4 is 23.1 Å². The van der Waals surface area contributed by atoms with Gasteiger partial charge in [-0.15, -0.1) is 0 Å². The van der Waals surface area contributed by atoms with Gasteiger partial charge in [-0.2, -0.15) is 0 Å². The summed E-state index contributed by atoms with van der Waals surface area (Å²) in [6, 6.07) is 9.91. The number of nitrogens with zero attached hydrogens (tertiary/aromatic N) is 2. The lowest BCUT2D eigenvalue weighted by molar-refractivity contribution is 0.0995. The Morgan fingerprint density at radius 3 is 2.53 bits per heavy atom. The lowest BCUT2D eigenvalue weighted by atomic mass is 9.94. The highest BCUT2D eigenvalue weighted by Crippen LogP contribution is 2.38. The van der Waals surface area contributed by atoms with Crippen molar-refractivity contribution in [2.24, 2.45) is 0 Å². The minimum atomic E-state index is 0.209. The molecule has 6 heteroatoms. The van der Waals surface area contributed by atoms with Crippen LogP contribution in [0, 0.1) is 6.92 Å². The molecule has 2 aliphatic rings. The highest BCUT2D eigenvalue weighted by molar-refractivity contribution is 6.07. The zero-order valence-electron chi connectivity index (χ0n) is 17.2. The second-order valence-electron chi connectivity index (χ2n) is 7.89. The number of hydrogen-bond donors (Lipinski definition) is 2. The number of rotatable bonds is 6. The van der Waals surface area contributed by atoms with Gasteiger partial charge in [0.05, 0.1) is 12.3 Å². The Hall–Kier alpha value is -3.41. The molecule has 2 heterocycles. The molecule has 30 heavy (non-hydrogen) atoms. The summed E-state index contributed by atoms with van der Waals surface area (Å²) >= 11 is 0. The van der Waals surface area contributed by atoms with Gasteiger partial charge in [-0.05, 0) is 67.1 Å². The van der Waals surface area contributed by atoms with Gasteiger partial charge in [-0.1, -0.05) is 6.07 Å². The first-order valence-corrected chi connectivity index (χ1v) is 10.4. The standard InChI is InChI=1S/C24H24N4O2/c1-14-11-23(28-22-10-5-16(12-26-22)30-15-3-4-15)27-13-19(14)17-6-8-20(25-2)24-18(17)7-9-21(24)29/h5-6,8,10-13,15,25H,3-4,7,9H2,1-2H3,(H,26,27,28). The molecule has 2 aliphatic carbocycles. The van der Waals surface area contributed by atoms with Crippen molar-refractivity contribution in [3.05, 3.63) is 59.4 Å². The Bertz CT molecular complexity index is 1120. The van der Waals surface area contributed by atoms with E-state index in [0.29, 0.717) is 12.5 Å². The van der Waals surface area contributed by atoms with Gasteiger partial charge < -0.3 is 15.4 Å². The predicted molar refractivity (Wildman–Crippen MR) is 118 cm³/mol. The van der Waals surface area contributed by atoms with Gasteiger partial charge in [0.2, 0.25) is 0 Å². The van der Waals surface area contributed by atoms with Crippen LogP contribution in [0.4, 0.5) is 17.3 Å². The maximum Gasteiger partial charge on any atom is 0.165 e. The SMILES string of the molecule is CNc1ccc(-c2cnc(Nc3ccc(OC4CC4)cn3)cc2C)c2c1C(=O)CC2. The Kier molecular flexibility index (Phi) is 4.62. The van der Waals surface area contributed by atoms with Crippen LogP contribution in [0.5, 0.6) is 5.75 Å². The largest absolute Gasteiger partial charge is 0.489 e. The van der Waals surface area contributed by atoms with E-state index < -0.39 is 0 Å². The second-order valence-corrected chi connectivity index (χ2v) is 7.89. The van der Waals surface area contributed by atoms with Gasteiger partial charge in [-0.25, -0.2) is 9.97 Å². The van der Waals surface area contributed by atoms with Crippen molar-refractivity contribution in [1.82, 2.24) is 9.97 Å². The third-order valence-corrected chi connectivity index (χ3v) is 5.68. The summed E-state index contributed by atoms with van der Waals surface area (Å²) in [5.74, 6) is 2.47. The number of carbonyl (C=O) groups is 1. The fraction of sp³-hybridized carbons (Fsp3) is 0.292. The van der Waals surface area contributed by atoms with Crippen LogP contribution in [0.15, 0.2) is 42.7 Å². The second kappa shape index (κ2) is 7.44. The van der Waals surface area contributed by atoms with E-state index in [1.807, 2.05) is 37.5 Å². The fourth-order valence-electron chi connectivity index (χ4n) is 3.99. The first kappa shape index (κ1) is 18.6. The van der Waals surface area contributed by atoms with E-state index in [0.717, 1.165) is 70.2 Å². The van der Waals surface area contributed by atoms with Crippen LogP contribution in [-0.4, -0.2) is 28.9 Å². The molecule has 3 aromatic rings. The van der Waals surface area contributed by atoms with E-state index in [1.165, 1.54) is 0 Å². The molecule has 5 rings (SSSR count). The Labute approximate surface area is 175 Å². The van der Waals surface area contributed by atoms with Crippen LogP contribution in [0.3, 0.4) is 0 Å². The van der Waals surface area contributed by atoms with Gasteiger partial charge in [-0.3, -0.25) is 4.79 Å². The minimum Gasteiger partial charge on any atom is -0.489 e. The first-order chi connectivity index (χ1) is 14.6. The molecule has 0 amide bonds. The van der Waals surface area contributed by atoms with E-state index in [9.17, 15) is 4.79 Å². The van der Waals surface area contributed by atoms with Crippen molar-refractivity contribution in [2.75, 3.05) is 17.7 Å². The molecule has 1 saturated carbocycles. The number of carbonyl (C=O) groups excluding carboxylic acids is 1. The molecule has 0 unspecified atom stereocenters. The summed E-state index contributed by atoms with van der Waals surface area (Å²) in [6.45, 7) is 2.07. The lowest BCUT2D eigenvalue weighted by Gasteiger charge is -2.15. The van der Waals surface area contributed by atoms with Crippen molar-refractivity contribution in [3.8, 4) is 16.9 Å². The predicted octanol–water partition coefficient (Wildman–Crippen LogP) is 4.91. The van der Waals surface area contributed by atoms with Gasteiger partial charge in [0.25, 0.3) is 0 Å². The van der Waals surface area contributed by atoms with Crippen LogP contribution in [0.2, 0.25) is 0 Å². The molecule has 2 aromatic heterocycles. The number of ketones is 1. The average Bonchev–Trinajstić information content (AvgIpc) is 3.49. The summed E-state index contributed by atoms with van der Waals surface area (Å²) in [6.07, 6.45) is 7.58. The molecule has 1 fully saturated rings. The van der Waals surface area contributed by atoms with E-state index in [1.54, 1.807) is 6.20 Å². The number of pyridine rings is 2. The molecule has 0 bridgehead atoms. The molecule has 1 aromatic carbocycles. The van der Waals surface area contributed by atoms with Crippen LogP contribution in [-0.2, 0) is 6.42 Å². The molecule has 0 atom stereocenters. The number of fused-ring (bicyclic) bond motifs is 1. The van der Waals surface area contributed by atoms with Crippen molar-refractivity contribution in [2.45, 2.75) is 38.7 Å². The third kappa shape index (κ3) is 3.49. The number of Topliss-reactive ketones (excluding diaryl/α,β-unsaturated/α-hetero) is 1. The van der Waals surface area contributed by atoms with Gasteiger partial charge >= 0.3 is 0 Å². The van der Waals surface area contributed by atoms with Gasteiger partial charge in [0, 0.05) is 36.5 Å². The summed E-state index contributed by atoms with van der Waals surface area (Å²) in [5.41, 5.74) is 6.08. The van der Waals surface area contributed by atoms with Crippen molar-refractivity contribution in [3.63, 3.8) is 0 Å². The van der Waals surface area contributed by atoms with Crippen LogP contribution < -0.4 is 15.4 Å². The summed E-state index contributed by atoms with van der Waals surface area (Å²) in [7, 11) is 1.85. The lowest BCUT2D eigenvalue weighted by Crippen LogP contribution is -2.02. The van der Waals surface area contributed by atoms with Crippen LogP contribution in [0.25, 0.3) is 11.1 Å². The van der Waals surface area contributed by atoms with Crippen LogP contribution in [0.1, 0.15) is 40.7 Å². The molecule has 0 aliphatic heterocycles. The number of aryl methyl sites for hydroxylation is 1. The van der Waals surface area contributed by atoms with Crippen LogP contribution >= 0.6 is 0 Å². The number of hydrogen-bond acceptors (Lipinski definition) is 6. The Balaban J connectivity index is 1.39. The molecule has 6 nitrogen and oxygen atoms in total. The Morgan fingerprint density at radius 2 is 1.83 bits per heavy atom. The van der Waals surface area contributed by atoms with E-state index in [4.69, 9.17) is 4.74 Å². The normalized spacial score (nSPS) is 15.1. The quantitative estimate of drug-likeness (QED) is 0.612. The average molecular weight is 400 g/mol. The monoisotopic (exact) mass is 400 g/mol. The topological polar surface area (TPSA) is 76.1 Å². The number of benzene rings is 1. The summed E-state index contributed by atoms with van der Waals surface area (Å²) < 4.78 is 5.74. The first-order valence-electron chi connectivity index (χ1n) is 10.4. The third-order valence-electron chi connectivity index (χ3n) is 5.68. The summed E-state index contributed by atoms with van der Waals surface area (Å²) in [5, 5.41) is 6.40. The van der Waals surface area contributed by atoms with Crippen molar-refractivity contribution < 1.29 is 9.53 Å². The summed E-state index contributed by atoms with van der Waals surface area (Å²) in [4.78, 5) is 21.4. The van der Waals surface area contributed by atoms with E-state index in [2.05, 4.69) is 33.6 Å².